The van der Waals surface area contributed by atoms with Crippen LogP contribution in [0.25, 0.3) is 0 Å². The lowest BCUT2D eigenvalue weighted by Gasteiger charge is -2.25. The Balaban J connectivity index is 2.17. The van der Waals surface area contributed by atoms with Gasteiger partial charge in [-0.25, -0.2) is 0 Å². The van der Waals surface area contributed by atoms with Gasteiger partial charge in [0.15, 0.2) is 5.82 Å². The summed E-state index contributed by atoms with van der Waals surface area (Å²) in [5, 5.41) is 17.7. The summed E-state index contributed by atoms with van der Waals surface area (Å²) in [6.45, 7) is 9.33. The van der Waals surface area contributed by atoms with Crippen molar-refractivity contribution in [3.05, 3.63) is 16.8 Å². The lowest BCUT2D eigenvalue weighted by atomic mass is 10.1. The number of hydrogen-bond acceptors (Lipinski definition) is 6. The predicted octanol–water partition coefficient (Wildman–Crippen LogP) is 0.0565. The van der Waals surface area contributed by atoms with E-state index in [1.807, 2.05) is 6.92 Å². The van der Waals surface area contributed by atoms with Gasteiger partial charge in [0.1, 0.15) is 0 Å². The first-order chi connectivity index (χ1) is 9.67. The Morgan fingerprint density at radius 3 is 2.65 bits per heavy atom. The van der Waals surface area contributed by atoms with Gasteiger partial charge in [-0.15, -0.1) is 5.10 Å². The zero-order chi connectivity index (χ0) is 14.5. The van der Waals surface area contributed by atoms with Gasteiger partial charge in [0, 0.05) is 38.3 Å². The van der Waals surface area contributed by atoms with E-state index in [0.717, 1.165) is 61.8 Å². The minimum Gasteiger partial charge on any atom is -0.395 e. The molecule has 6 heteroatoms. The van der Waals surface area contributed by atoms with Gasteiger partial charge in [-0.05, 0) is 32.4 Å². The molecule has 1 aliphatic heterocycles. The molecule has 0 spiro atoms. The molecule has 2 heterocycles. The predicted molar refractivity (Wildman–Crippen MR) is 79.8 cm³/mol. The van der Waals surface area contributed by atoms with Gasteiger partial charge in [0.2, 0.25) is 0 Å². The molecule has 0 atom stereocenters. The van der Waals surface area contributed by atoms with Crippen molar-refractivity contribution in [2.45, 2.75) is 26.8 Å². The Labute approximate surface area is 120 Å². The highest BCUT2D eigenvalue weighted by Crippen LogP contribution is 2.22. The average Bonchev–Trinajstić information content (AvgIpc) is 2.68. The summed E-state index contributed by atoms with van der Waals surface area (Å²) in [5.41, 5.74) is 9.11. The molecular weight excluding hydrogens is 254 g/mol. The third-order valence-electron chi connectivity index (χ3n) is 4.07. The average molecular weight is 279 g/mol. The number of nitrogens with zero attached hydrogens (tertiary/aromatic N) is 4. The highest BCUT2D eigenvalue weighted by molar-refractivity contribution is 5.50. The molecule has 112 valence electrons. The van der Waals surface area contributed by atoms with E-state index in [1.54, 1.807) is 0 Å². The second-order valence-corrected chi connectivity index (χ2v) is 5.32. The SMILES string of the molecule is Cc1nnc(N2CCCN(CCO)CC2)c(CN)c1C. The molecule has 3 N–H and O–H groups in total. The summed E-state index contributed by atoms with van der Waals surface area (Å²) in [6.07, 6.45) is 1.07. The normalized spacial score (nSPS) is 17.3. The Morgan fingerprint density at radius 2 is 1.95 bits per heavy atom. The van der Waals surface area contributed by atoms with Gasteiger partial charge < -0.3 is 15.7 Å². The molecule has 0 unspecified atom stereocenters. The lowest BCUT2D eigenvalue weighted by Crippen LogP contribution is -2.33. The van der Waals surface area contributed by atoms with Crippen molar-refractivity contribution in [1.82, 2.24) is 15.1 Å². The van der Waals surface area contributed by atoms with E-state index in [-0.39, 0.29) is 6.61 Å². The second kappa shape index (κ2) is 6.97. The number of nitrogens with two attached hydrogens (primary N) is 1. The van der Waals surface area contributed by atoms with Crippen molar-refractivity contribution in [2.24, 2.45) is 5.73 Å². The van der Waals surface area contributed by atoms with E-state index in [0.29, 0.717) is 6.54 Å². The van der Waals surface area contributed by atoms with E-state index in [9.17, 15) is 0 Å². The maximum atomic E-state index is 9.05. The van der Waals surface area contributed by atoms with Crippen molar-refractivity contribution >= 4 is 5.82 Å². The van der Waals surface area contributed by atoms with Crippen LogP contribution >= 0.6 is 0 Å². The summed E-state index contributed by atoms with van der Waals surface area (Å²) < 4.78 is 0. The smallest absolute Gasteiger partial charge is 0.156 e. The van der Waals surface area contributed by atoms with Gasteiger partial charge >= 0.3 is 0 Å². The van der Waals surface area contributed by atoms with Crippen LogP contribution in [0.15, 0.2) is 0 Å². The van der Waals surface area contributed by atoms with Crippen molar-refractivity contribution in [3.8, 4) is 0 Å². The number of aliphatic hydroxyl groups excluding tert-OH is 1. The maximum absolute atomic E-state index is 9.05. The Hall–Kier alpha value is -1.24. The number of β-amino-alcohol motifs (C(OH)–C–C–N with tert-alkyl or cyclic N) is 1. The molecule has 2 rings (SSSR count). The zero-order valence-corrected chi connectivity index (χ0v) is 12.5. The third-order valence-corrected chi connectivity index (χ3v) is 4.07. The molecule has 0 bridgehead atoms. The van der Waals surface area contributed by atoms with E-state index >= 15 is 0 Å². The first kappa shape index (κ1) is 15.2. The molecule has 1 fully saturated rings. The van der Waals surface area contributed by atoms with Gasteiger partial charge in [-0.3, -0.25) is 4.90 Å². The second-order valence-electron chi connectivity index (χ2n) is 5.32. The Morgan fingerprint density at radius 1 is 1.15 bits per heavy atom. The van der Waals surface area contributed by atoms with Crippen molar-refractivity contribution in [3.63, 3.8) is 0 Å². The molecular formula is C14H25N5O. The maximum Gasteiger partial charge on any atom is 0.156 e. The number of anilines is 1. The van der Waals surface area contributed by atoms with E-state index in [2.05, 4.69) is 26.9 Å². The van der Waals surface area contributed by atoms with Gasteiger partial charge in [-0.2, -0.15) is 5.10 Å². The standard InChI is InChI=1S/C14H25N5O/c1-11-12(2)16-17-14(13(11)10-15)19-5-3-4-18(6-7-19)8-9-20/h20H,3-10,15H2,1-2H3. The summed E-state index contributed by atoms with van der Waals surface area (Å²) in [5.74, 6) is 0.932. The quantitative estimate of drug-likeness (QED) is 0.811. The highest BCUT2D eigenvalue weighted by atomic mass is 16.3. The molecule has 1 aliphatic rings. The van der Waals surface area contributed by atoms with Crippen LogP contribution in [-0.4, -0.2) is 59.5 Å². The number of hydrogen-bond donors (Lipinski definition) is 2. The van der Waals surface area contributed by atoms with Crippen LogP contribution in [0.2, 0.25) is 0 Å². The largest absolute Gasteiger partial charge is 0.395 e. The molecule has 0 amide bonds. The third kappa shape index (κ3) is 3.26. The molecule has 6 nitrogen and oxygen atoms in total. The van der Waals surface area contributed by atoms with Gasteiger partial charge in [-0.1, -0.05) is 0 Å². The number of aliphatic hydroxyl groups is 1. The molecule has 0 aliphatic carbocycles. The minimum atomic E-state index is 0.220. The van der Waals surface area contributed by atoms with Crippen LogP contribution in [0.3, 0.4) is 0 Å². The minimum absolute atomic E-state index is 0.220. The lowest BCUT2D eigenvalue weighted by molar-refractivity contribution is 0.204. The van der Waals surface area contributed by atoms with E-state index < -0.39 is 0 Å². The first-order valence-corrected chi connectivity index (χ1v) is 7.28. The molecule has 1 aromatic heterocycles. The molecule has 0 radical (unpaired) electrons. The number of aromatic nitrogens is 2. The van der Waals surface area contributed by atoms with Crippen LogP contribution in [-0.2, 0) is 6.54 Å². The van der Waals surface area contributed by atoms with Crippen LogP contribution in [0.5, 0.6) is 0 Å². The Bertz CT molecular complexity index is 451. The number of rotatable bonds is 4. The van der Waals surface area contributed by atoms with Crippen LogP contribution in [0.1, 0.15) is 23.2 Å². The molecule has 1 aromatic rings. The first-order valence-electron chi connectivity index (χ1n) is 7.28. The van der Waals surface area contributed by atoms with Crippen LogP contribution < -0.4 is 10.6 Å². The van der Waals surface area contributed by atoms with Crippen LogP contribution in [0, 0.1) is 13.8 Å². The topological polar surface area (TPSA) is 78.5 Å². The zero-order valence-electron chi connectivity index (χ0n) is 12.5. The molecule has 20 heavy (non-hydrogen) atoms. The fraction of sp³-hybridized carbons (Fsp3) is 0.714. The van der Waals surface area contributed by atoms with E-state index in [4.69, 9.17) is 10.8 Å². The summed E-state index contributed by atoms with van der Waals surface area (Å²) >= 11 is 0. The summed E-state index contributed by atoms with van der Waals surface area (Å²) in [4.78, 5) is 4.57. The van der Waals surface area contributed by atoms with Gasteiger partial charge in [0.25, 0.3) is 0 Å². The van der Waals surface area contributed by atoms with Crippen LogP contribution in [0.4, 0.5) is 5.82 Å². The fourth-order valence-electron chi connectivity index (χ4n) is 2.69. The monoisotopic (exact) mass is 279 g/mol. The van der Waals surface area contributed by atoms with Crippen molar-refractivity contribution < 1.29 is 5.11 Å². The summed E-state index contributed by atoms with van der Waals surface area (Å²) in [6, 6.07) is 0. The molecule has 1 saturated heterocycles. The molecule has 0 aromatic carbocycles. The van der Waals surface area contributed by atoms with Crippen molar-refractivity contribution in [2.75, 3.05) is 44.2 Å². The fourth-order valence-corrected chi connectivity index (χ4v) is 2.69. The molecule has 0 saturated carbocycles. The number of aryl methyl sites for hydroxylation is 1. The van der Waals surface area contributed by atoms with Crippen molar-refractivity contribution in [1.29, 1.82) is 0 Å². The highest BCUT2D eigenvalue weighted by Gasteiger charge is 2.19. The van der Waals surface area contributed by atoms with E-state index in [1.165, 1.54) is 0 Å². The Kier molecular flexibility index (Phi) is 5.28. The van der Waals surface area contributed by atoms with Gasteiger partial charge in [0.05, 0.1) is 12.3 Å². The summed E-state index contributed by atoms with van der Waals surface area (Å²) in [7, 11) is 0.